The number of rotatable bonds is 5. The van der Waals surface area contributed by atoms with Gasteiger partial charge < -0.3 is 15.4 Å². The van der Waals surface area contributed by atoms with Crippen molar-refractivity contribution in [3.05, 3.63) is 89.7 Å². The van der Waals surface area contributed by atoms with Crippen LogP contribution in [-0.2, 0) is 6.54 Å². The van der Waals surface area contributed by atoms with E-state index >= 15 is 0 Å². The maximum Gasteiger partial charge on any atom is 0.319 e. The number of aromatic nitrogens is 1. The standard InChI is InChI=1S/C26H25N3O2/c1-17-5-4-6-21(13-17)29-26(30)28-15-20-7-9-22(23-11-12-27-16-24(20)23)19-8-10-25(31-3)18(2)14-19/h4-14,16H,15H2,1-3H3,(H2,28,29,30). The molecule has 1 aromatic heterocycles. The van der Waals surface area contributed by atoms with E-state index in [0.717, 1.165) is 50.0 Å². The van der Waals surface area contributed by atoms with Crippen LogP contribution < -0.4 is 15.4 Å². The summed E-state index contributed by atoms with van der Waals surface area (Å²) in [4.78, 5) is 16.7. The second-order valence-electron chi connectivity index (χ2n) is 7.56. The SMILES string of the molecule is COc1ccc(-c2ccc(CNC(=O)Nc3cccc(C)c3)c3cnccc23)cc1C. The first-order valence-electron chi connectivity index (χ1n) is 10.2. The Bertz CT molecular complexity index is 1250. The molecule has 4 rings (SSSR count). The minimum atomic E-state index is -0.238. The van der Waals surface area contributed by atoms with Crippen LogP contribution in [0, 0.1) is 13.8 Å². The van der Waals surface area contributed by atoms with Gasteiger partial charge in [0, 0.05) is 30.0 Å². The molecule has 0 spiro atoms. The van der Waals surface area contributed by atoms with Crippen LogP contribution in [0.25, 0.3) is 21.9 Å². The molecular weight excluding hydrogens is 386 g/mol. The Morgan fingerprint density at radius 2 is 1.87 bits per heavy atom. The quantitative estimate of drug-likeness (QED) is 0.433. The van der Waals surface area contributed by atoms with E-state index in [4.69, 9.17) is 4.74 Å². The normalized spacial score (nSPS) is 10.7. The molecule has 0 radical (unpaired) electrons. The molecule has 0 aliphatic rings. The van der Waals surface area contributed by atoms with E-state index in [0.29, 0.717) is 6.54 Å². The molecule has 0 bridgehead atoms. The van der Waals surface area contributed by atoms with E-state index in [-0.39, 0.29) is 6.03 Å². The van der Waals surface area contributed by atoms with Gasteiger partial charge in [-0.1, -0.05) is 30.3 Å². The van der Waals surface area contributed by atoms with E-state index in [9.17, 15) is 4.79 Å². The van der Waals surface area contributed by atoms with Crippen LogP contribution in [0.3, 0.4) is 0 Å². The number of hydrogen-bond donors (Lipinski definition) is 2. The third-order valence-electron chi connectivity index (χ3n) is 5.33. The summed E-state index contributed by atoms with van der Waals surface area (Å²) in [5, 5.41) is 7.94. The summed E-state index contributed by atoms with van der Waals surface area (Å²) >= 11 is 0. The van der Waals surface area contributed by atoms with Gasteiger partial charge in [0.25, 0.3) is 0 Å². The molecule has 4 aromatic rings. The first-order valence-corrected chi connectivity index (χ1v) is 10.2. The largest absolute Gasteiger partial charge is 0.496 e. The van der Waals surface area contributed by atoms with Gasteiger partial charge in [0.1, 0.15) is 5.75 Å². The smallest absolute Gasteiger partial charge is 0.319 e. The third kappa shape index (κ3) is 4.51. The van der Waals surface area contributed by atoms with Gasteiger partial charge in [-0.3, -0.25) is 4.98 Å². The van der Waals surface area contributed by atoms with Gasteiger partial charge >= 0.3 is 6.03 Å². The number of aryl methyl sites for hydroxylation is 2. The highest BCUT2D eigenvalue weighted by Gasteiger charge is 2.11. The molecule has 0 aliphatic heterocycles. The Hall–Kier alpha value is -3.86. The number of carbonyl (C=O) groups excluding carboxylic acids is 1. The van der Waals surface area contributed by atoms with Gasteiger partial charge in [-0.25, -0.2) is 4.79 Å². The van der Waals surface area contributed by atoms with E-state index < -0.39 is 0 Å². The topological polar surface area (TPSA) is 63.2 Å². The number of nitrogens with zero attached hydrogens (tertiary/aromatic N) is 1. The van der Waals surface area contributed by atoms with E-state index in [1.54, 1.807) is 13.3 Å². The molecule has 0 saturated heterocycles. The second kappa shape index (κ2) is 8.88. The van der Waals surface area contributed by atoms with E-state index in [2.05, 4.69) is 33.8 Å². The lowest BCUT2D eigenvalue weighted by Gasteiger charge is -2.14. The Kier molecular flexibility index (Phi) is 5.85. The van der Waals surface area contributed by atoms with Gasteiger partial charge in [-0.15, -0.1) is 0 Å². The molecule has 0 saturated carbocycles. The zero-order valence-electron chi connectivity index (χ0n) is 17.9. The summed E-state index contributed by atoms with van der Waals surface area (Å²) in [6, 6.07) is 19.8. The van der Waals surface area contributed by atoms with Crippen molar-refractivity contribution in [2.75, 3.05) is 12.4 Å². The van der Waals surface area contributed by atoms with Gasteiger partial charge in [0.05, 0.1) is 7.11 Å². The highest BCUT2D eigenvalue weighted by molar-refractivity contribution is 5.98. The average molecular weight is 412 g/mol. The van der Waals surface area contributed by atoms with Crippen molar-refractivity contribution in [3.8, 4) is 16.9 Å². The minimum absolute atomic E-state index is 0.238. The molecule has 3 aromatic carbocycles. The predicted molar refractivity (Wildman–Crippen MR) is 126 cm³/mol. The molecule has 0 aliphatic carbocycles. The fraction of sp³-hybridized carbons (Fsp3) is 0.154. The summed E-state index contributed by atoms with van der Waals surface area (Å²) in [6.07, 6.45) is 3.65. The van der Waals surface area contributed by atoms with Crippen LogP contribution in [0.5, 0.6) is 5.75 Å². The summed E-state index contributed by atoms with van der Waals surface area (Å²) in [7, 11) is 1.68. The highest BCUT2D eigenvalue weighted by atomic mass is 16.5. The molecule has 0 atom stereocenters. The highest BCUT2D eigenvalue weighted by Crippen LogP contribution is 2.33. The fourth-order valence-corrected chi connectivity index (χ4v) is 3.77. The Balaban J connectivity index is 1.58. The zero-order valence-corrected chi connectivity index (χ0v) is 17.9. The molecule has 2 N–H and O–H groups in total. The molecular formula is C26H25N3O2. The van der Waals surface area contributed by atoms with Crippen LogP contribution >= 0.6 is 0 Å². The molecule has 1 heterocycles. The van der Waals surface area contributed by atoms with Crippen molar-refractivity contribution in [3.63, 3.8) is 0 Å². The first kappa shape index (κ1) is 20.4. The lowest BCUT2D eigenvalue weighted by Crippen LogP contribution is -2.28. The van der Waals surface area contributed by atoms with Crippen LogP contribution in [0.2, 0.25) is 0 Å². The summed E-state index contributed by atoms with van der Waals surface area (Å²) in [5.74, 6) is 0.871. The van der Waals surface area contributed by atoms with Crippen LogP contribution in [0.4, 0.5) is 10.5 Å². The van der Waals surface area contributed by atoms with E-state index in [1.165, 1.54) is 0 Å². The van der Waals surface area contributed by atoms with Crippen molar-refractivity contribution in [1.82, 2.24) is 10.3 Å². The van der Waals surface area contributed by atoms with Crippen molar-refractivity contribution in [2.45, 2.75) is 20.4 Å². The lowest BCUT2D eigenvalue weighted by molar-refractivity contribution is 0.252. The Morgan fingerprint density at radius 1 is 1.00 bits per heavy atom. The second-order valence-corrected chi connectivity index (χ2v) is 7.56. The first-order chi connectivity index (χ1) is 15.0. The lowest BCUT2D eigenvalue weighted by atomic mass is 9.95. The van der Waals surface area contributed by atoms with Crippen molar-refractivity contribution in [1.29, 1.82) is 0 Å². The van der Waals surface area contributed by atoms with Gasteiger partial charge in [0.2, 0.25) is 0 Å². The summed E-state index contributed by atoms with van der Waals surface area (Å²) in [6.45, 7) is 4.44. The number of urea groups is 1. The molecule has 5 nitrogen and oxygen atoms in total. The number of fused-ring (bicyclic) bond motifs is 1. The number of benzene rings is 3. The molecule has 156 valence electrons. The molecule has 31 heavy (non-hydrogen) atoms. The average Bonchev–Trinajstić information content (AvgIpc) is 2.77. The summed E-state index contributed by atoms with van der Waals surface area (Å²) < 4.78 is 5.39. The Morgan fingerprint density at radius 3 is 2.65 bits per heavy atom. The van der Waals surface area contributed by atoms with Crippen LogP contribution in [-0.4, -0.2) is 18.1 Å². The van der Waals surface area contributed by atoms with Crippen molar-refractivity contribution < 1.29 is 9.53 Å². The predicted octanol–water partition coefficient (Wildman–Crippen LogP) is 5.85. The fourth-order valence-electron chi connectivity index (χ4n) is 3.77. The van der Waals surface area contributed by atoms with Crippen LogP contribution in [0.1, 0.15) is 16.7 Å². The number of ether oxygens (including phenoxy) is 1. The number of methoxy groups -OCH3 is 1. The zero-order chi connectivity index (χ0) is 21.8. The minimum Gasteiger partial charge on any atom is -0.496 e. The summed E-state index contributed by atoms with van der Waals surface area (Å²) in [5.41, 5.74) is 6.20. The van der Waals surface area contributed by atoms with E-state index in [1.807, 2.05) is 62.5 Å². The van der Waals surface area contributed by atoms with Gasteiger partial charge in [-0.2, -0.15) is 0 Å². The molecule has 0 unspecified atom stereocenters. The number of anilines is 1. The van der Waals surface area contributed by atoms with Gasteiger partial charge in [-0.05, 0) is 77.4 Å². The number of amides is 2. The number of nitrogens with one attached hydrogen (secondary N) is 2. The number of hydrogen-bond acceptors (Lipinski definition) is 3. The maximum atomic E-state index is 12.4. The third-order valence-corrected chi connectivity index (χ3v) is 5.33. The molecule has 0 fully saturated rings. The van der Waals surface area contributed by atoms with Crippen molar-refractivity contribution >= 4 is 22.5 Å². The monoisotopic (exact) mass is 411 g/mol. The van der Waals surface area contributed by atoms with Crippen molar-refractivity contribution in [2.24, 2.45) is 0 Å². The molecule has 2 amide bonds. The van der Waals surface area contributed by atoms with Gasteiger partial charge in [0.15, 0.2) is 0 Å². The molecule has 5 heteroatoms. The Labute approximate surface area is 182 Å². The van der Waals surface area contributed by atoms with Crippen LogP contribution in [0.15, 0.2) is 73.1 Å². The number of pyridine rings is 1. The maximum absolute atomic E-state index is 12.4. The number of carbonyl (C=O) groups is 1.